The predicted molar refractivity (Wildman–Crippen MR) is 93.5 cm³/mol. The molecule has 2 atom stereocenters. The molecule has 1 aromatic carbocycles. The smallest absolute Gasteiger partial charge is 0.225 e. The first-order chi connectivity index (χ1) is 11.6. The molecule has 130 valence electrons. The van der Waals surface area contributed by atoms with Crippen LogP contribution in [-0.4, -0.2) is 60.9 Å². The number of hydrogen-bond donors (Lipinski definition) is 1. The summed E-state index contributed by atoms with van der Waals surface area (Å²) in [7, 11) is 2.09. The van der Waals surface area contributed by atoms with E-state index in [1.54, 1.807) is 0 Å². The second-order valence-corrected chi connectivity index (χ2v) is 7.09. The molecule has 0 radical (unpaired) electrons. The Balaban J connectivity index is 1.47. The fraction of sp³-hybridized carbons (Fsp3) is 0.579. The number of hydrogen-bond acceptors (Lipinski definition) is 3. The lowest BCUT2D eigenvalue weighted by molar-refractivity contribution is -0.129. The number of piperidine rings is 1. The minimum Gasteiger partial charge on any atom is -0.352 e. The number of nitrogens with zero attached hydrogens (tertiary/aromatic N) is 2. The van der Waals surface area contributed by atoms with Crippen molar-refractivity contribution in [1.82, 2.24) is 15.1 Å². The Morgan fingerprint density at radius 2 is 2.04 bits per heavy atom. The molecule has 2 amide bonds. The summed E-state index contributed by atoms with van der Waals surface area (Å²) in [5.74, 6) is -0.0433. The van der Waals surface area contributed by atoms with Crippen LogP contribution in [0.25, 0.3) is 0 Å². The number of nitrogens with one attached hydrogen (secondary N) is 1. The van der Waals surface area contributed by atoms with Gasteiger partial charge in [0.2, 0.25) is 11.8 Å². The SMILES string of the molecule is CN1CCC[C@H](NC(=O)[C@H]2CC(=O)N(CCc3ccccc3)C2)C1. The maximum atomic E-state index is 12.5. The van der Waals surface area contributed by atoms with E-state index < -0.39 is 0 Å². The molecule has 0 saturated carbocycles. The maximum Gasteiger partial charge on any atom is 0.225 e. The fourth-order valence-corrected chi connectivity index (χ4v) is 3.68. The van der Waals surface area contributed by atoms with Crippen LogP contribution in [0.4, 0.5) is 0 Å². The summed E-state index contributed by atoms with van der Waals surface area (Å²) in [5.41, 5.74) is 1.23. The molecule has 3 rings (SSSR count). The minimum atomic E-state index is -0.194. The number of likely N-dealkylation sites (tertiary alicyclic amines) is 2. The fourth-order valence-electron chi connectivity index (χ4n) is 3.68. The molecule has 1 aromatic rings. The lowest BCUT2D eigenvalue weighted by Gasteiger charge is -2.30. The zero-order chi connectivity index (χ0) is 16.9. The molecule has 5 heteroatoms. The second kappa shape index (κ2) is 7.79. The molecule has 0 spiro atoms. The first kappa shape index (κ1) is 17.0. The van der Waals surface area contributed by atoms with Gasteiger partial charge in [-0.15, -0.1) is 0 Å². The van der Waals surface area contributed by atoms with E-state index in [9.17, 15) is 9.59 Å². The van der Waals surface area contributed by atoms with Crippen LogP contribution in [0.5, 0.6) is 0 Å². The summed E-state index contributed by atoms with van der Waals surface area (Å²) < 4.78 is 0. The van der Waals surface area contributed by atoms with E-state index in [1.165, 1.54) is 5.56 Å². The average Bonchev–Trinajstić information content (AvgIpc) is 2.95. The molecular formula is C19H27N3O2. The Kier molecular flexibility index (Phi) is 5.51. The van der Waals surface area contributed by atoms with Crippen molar-refractivity contribution in [2.45, 2.75) is 31.7 Å². The van der Waals surface area contributed by atoms with Crippen LogP contribution in [0.1, 0.15) is 24.8 Å². The van der Waals surface area contributed by atoms with Gasteiger partial charge in [0.05, 0.1) is 5.92 Å². The van der Waals surface area contributed by atoms with Crippen molar-refractivity contribution in [3.63, 3.8) is 0 Å². The van der Waals surface area contributed by atoms with Crippen LogP contribution >= 0.6 is 0 Å². The van der Waals surface area contributed by atoms with Crippen LogP contribution in [0.3, 0.4) is 0 Å². The van der Waals surface area contributed by atoms with E-state index in [-0.39, 0.29) is 23.8 Å². The number of benzene rings is 1. The molecule has 2 fully saturated rings. The number of rotatable bonds is 5. The van der Waals surface area contributed by atoms with Crippen LogP contribution in [0.15, 0.2) is 30.3 Å². The third-order valence-corrected chi connectivity index (χ3v) is 5.07. The van der Waals surface area contributed by atoms with Gasteiger partial charge in [-0.25, -0.2) is 0 Å². The van der Waals surface area contributed by atoms with Crippen molar-refractivity contribution < 1.29 is 9.59 Å². The first-order valence-electron chi connectivity index (χ1n) is 8.92. The Bertz CT molecular complexity index is 575. The highest BCUT2D eigenvalue weighted by Gasteiger charge is 2.35. The molecule has 5 nitrogen and oxygen atoms in total. The Labute approximate surface area is 144 Å². The summed E-state index contributed by atoms with van der Waals surface area (Å²) in [5, 5.41) is 3.15. The molecule has 2 aliphatic heterocycles. The van der Waals surface area contributed by atoms with Crippen molar-refractivity contribution in [1.29, 1.82) is 0 Å². The lowest BCUT2D eigenvalue weighted by atomic mass is 10.0. The Hall–Kier alpha value is -1.88. The van der Waals surface area contributed by atoms with Crippen LogP contribution in [0, 0.1) is 5.92 Å². The molecule has 0 aromatic heterocycles. The monoisotopic (exact) mass is 329 g/mol. The summed E-state index contributed by atoms with van der Waals surface area (Å²) in [4.78, 5) is 28.8. The summed E-state index contributed by atoms with van der Waals surface area (Å²) in [6.45, 7) is 3.25. The number of likely N-dealkylation sites (N-methyl/N-ethyl adjacent to an activating group) is 1. The molecule has 0 unspecified atom stereocenters. The summed E-state index contributed by atoms with van der Waals surface area (Å²) in [6.07, 6.45) is 3.35. The van der Waals surface area contributed by atoms with Crippen molar-refractivity contribution in [2.75, 3.05) is 33.2 Å². The number of carbonyl (C=O) groups excluding carboxylic acids is 2. The van der Waals surface area contributed by atoms with E-state index in [4.69, 9.17) is 0 Å². The molecule has 2 aliphatic rings. The molecule has 2 heterocycles. The van der Waals surface area contributed by atoms with Crippen LogP contribution in [0.2, 0.25) is 0 Å². The van der Waals surface area contributed by atoms with Gasteiger partial charge in [-0.3, -0.25) is 9.59 Å². The molecule has 0 bridgehead atoms. The highest BCUT2D eigenvalue weighted by atomic mass is 16.2. The Morgan fingerprint density at radius 3 is 2.79 bits per heavy atom. The zero-order valence-electron chi connectivity index (χ0n) is 14.4. The number of amides is 2. The first-order valence-corrected chi connectivity index (χ1v) is 8.92. The standard InChI is InChI=1S/C19H27N3O2/c1-21-10-5-8-17(14-21)20-19(24)16-12-18(23)22(13-16)11-9-15-6-3-2-4-7-15/h2-4,6-7,16-17H,5,8-14H2,1H3,(H,20,24)/t16-,17-/m0/s1. The third-order valence-electron chi connectivity index (χ3n) is 5.07. The lowest BCUT2D eigenvalue weighted by Crippen LogP contribution is -2.48. The van der Waals surface area contributed by atoms with E-state index >= 15 is 0 Å². The normalized spacial score (nSPS) is 25.0. The van der Waals surface area contributed by atoms with Gasteiger partial charge in [0.25, 0.3) is 0 Å². The minimum absolute atomic E-state index is 0.0471. The van der Waals surface area contributed by atoms with Gasteiger partial charge < -0.3 is 15.1 Å². The van der Waals surface area contributed by atoms with Crippen LogP contribution < -0.4 is 5.32 Å². The van der Waals surface area contributed by atoms with Crippen molar-refractivity contribution in [2.24, 2.45) is 5.92 Å². The highest BCUT2D eigenvalue weighted by Crippen LogP contribution is 2.19. The quantitative estimate of drug-likeness (QED) is 0.886. The van der Waals surface area contributed by atoms with Gasteiger partial charge in [-0.2, -0.15) is 0 Å². The van der Waals surface area contributed by atoms with E-state index in [1.807, 2.05) is 23.1 Å². The van der Waals surface area contributed by atoms with Gasteiger partial charge in [-0.05, 0) is 38.4 Å². The average molecular weight is 329 g/mol. The summed E-state index contributed by atoms with van der Waals surface area (Å²) in [6, 6.07) is 10.4. The van der Waals surface area contributed by atoms with E-state index in [2.05, 4.69) is 29.4 Å². The molecule has 1 N–H and O–H groups in total. The van der Waals surface area contributed by atoms with E-state index in [0.717, 1.165) is 32.4 Å². The number of carbonyl (C=O) groups is 2. The zero-order valence-corrected chi connectivity index (χ0v) is 14.4. The van der Waals surface area contributed by atoms with Gasteiger partial charge >= 0.3 is 0 Å². The second-order valence-electron chi connectivity index (χ2n) is 7.09. The predicted octanol–water partition coefficient (Wildman–Crippen LogP) is 1.29. The highest BCUT2D eigenvalue weighted by molar-refractivity contribution is 5.89. The van der Waals surface area contributed by atoms with Crippen LogP contribution in [-0.2, 0) is 16.0 Å². The van der Waals surface area contributed by atoms with Gasteiger partial charge in [0.1, 0.15) is 0 Å². The van der Waals surface area contributed by atoms with Gasteiger partial charge in [-0.1, -0.05) is 30.3 Å². The molecule has 0 aliphatic carbocycles. The van der Waals surface area contributed by atoms with E-state index in [0.29, 0.717) is 19.5 Å². The topological polar surface area (TPSA) is 52.7 Å². The van der Waals surface area contributed by atoms with Gasteiger partial charge in [0, 0.05) is 32.1 Å². The molecule has 24 heavy (non-hydrogen) atoms. The third kappa shape index (κ3) is 4.35. The van der Waals surface area contributed by atoms with Crippen molar-refractivity contribution in [3.8, 4) is 0 Å². The summed E-state index contributed by atoms with van der Waals surface area (Å²) >= 11 is 0. The molecular weight excluding hydrogens is 302 g/mol. The Morgan fingerprint density at radius 1 is 1.25 bits per heavy atom. The van der Waals surface area contributed by atoms with Crippen molar-refractivity contribution in [3.05, 3.63) is 35.9 Å². The maximum absolute atomic E-state index is 12.5. The van der Waals surface area contributed by atoms with Crippen molar-refractivity contribution >= 4 is 11.8 Å². The van der Waals surface area contributed by atoms with Gasteiger partial charge in [0.15, 0.2) is 0 Å². The molecule has 2 saturated heterocycles. The largest absolute Gasteiger partial charge is 0.352 e.